The monoisotopic (exact) mass is 369 g/mol. The maximum absolute atomic E-state index is 13.1. The average Bonchev–Trinajstić information content (AvgIpc) is 3.07. The molecule has 7 nitrogen and oxygen atoms in total. The van der Waals surface area contributed by atoms with Gasteiger partial charge in [0.1, 0.15) is 5.56 Å². The molecule has 0 unspecified atom stereocenters. The van der Waals surface area contributed by atoms with Crippen LogP contribution in [0.25, 0.3) is 0 Å². The van der Waals surface area contributed by atoms with Crippen molar-refractivity contribution in [2.75, 3.05) is 6.61 Å². The van der Waals surface area contributed by atoms with Crippen LogP contribution in [0.2, 0.25) is 0 Å². The Kier molecular flexibility index (Phi) is 4.75. The van der Waals surface area contributed by atoms with Crippen LogP contribution in [0, 0.1) is 6.92 Å². The first-order valence-corrected chi connectivity index (χ1v) is 10.0. The Balaban J connectivity index is 1.98. The lowest BCUT2D eigenvalue weighted by Gasteiger charge is -2.20. The fraction of sp³-hybridized carbons (Fsp3) is 0.467. The maximum Gasteiger partial charge on any atom is 0.343 e. The zero-order valence-electron chi connectivity index (χ0n) is 13.5. The molecule has 24 heavy (non-hydrogen) atoms. The molecule has 1 fully saturated rings. The molecule has 9 heteroatoms. The van der Waals surface area contributed by atoms with E-state index in [1.54, 1.807) is 13.8 Å². The summed E-state index contributed by atoms with van der Waals surface area (Å²) in [6.45, 7) is 3.75. The molecule has 1 saturated carbocycles. The SMILES string of the molecule is CCOC(=O)c1c(S(=O)(=O)N(Cc2cccs2)C2CC2)n[nH]c1C. The number of hydrogen-bond acceptors (Lipinski definition) is 6. The molecule has 0 aromatic carbocycles. The Morgan fingerprint density at radius 2 is 2.25 bits per heavy atom. The van der Waals surface area contributed by atoms with Gasteiger partial charge < -0.3 is 4.74 Å². The van der Waals surface area contributed by atoms with E-state index in [0.29, 0.717) is 12.2 Å². The highest BCUT2D eigenvalue weighted by Crippen LogP contribution is 2.35. The van der Waals surface area contributed by atoms with Gasteiger partial charge in [0.25, 0.3) is 10.0 Å². The minimum atomic E-state index is -3.89. The summed E-state index contributed by atoms with van der Waals surface area (Å²) in [4.78, 5) is 13.1. The number of aryl methyl sites for hydroxylation is 1. The van der Waals surface area contributed by atoms with E-state index in [4.69, 9.17) is 4.74 Å². The van der Waals surface area contributed by atoms with Crippen LogP contribution < -0.4 is 0 Å². The number of rotatable bonds is 7. The van der Waals surface area contributed by atoms with Crippen molar-refractivity contribution in [1.29, 1.82) is 0 Å². The van der Waals surface area contributed by atoms with E-state index in [1.165, 1.54) is 15.6 Å². The summed E-state index contributed by atoms with van der Waals surface area (Å²) in [5.41, 5.74) is 0.382. The van der Waals surface area contributed by atoms with Crippen LogP contribution in [0.3, 0.4) is 0 Å². The number of carbonyl (C=O) groups excluding carboxylic acids is 1. The van der Waals surface area contributed by atoms with Crippen LogP contribution in [0.15, 0.2) is 22.5 Å². The predicted octanol–water partition coefficient (Wildman–Crippen LogP) is 2.31. The lowest BCUT2D eigenvalue weighted by atomic mass is 10.3. The van der Waals surface area contributed by atoms with Gasteiger partial charge in [-0.15, -0.1) is 11.3 Å². The van der Waals surface area contributed by atoms with Gasteiger partial charge >= 0.3 is 5.97 Å². The summed E-state index contributed by atoms with van der Waals surface area (Å²) >= 11 is 1.51. The molecule has 0 saturated heterocycles. The van der Waals surface area contributed by atoms with Gasteiger partial charge in [-0.1, -0.05) is 6.07 Å². The standard InChI is InChI=1S/C15H19N3O4S2/c1-3-22-15(19)13-10(2)16-17-14(13)24(20,21)18(11-6-7-11)9-12-5-4-8-23-12/h4-5,8,11H,3,6-7,9H2,1-2H3,(H,16,17). The van der Waals surface area contributed by atoms with Crippen molar-refractivity contribution in [2.24, 2.45) is 0 Å². The van der Waals surface area contributed by atoms with Gasteiger partial charge in [0.2, 0.25) is 5.03 Å². The topological polar surface area (TPSA) is 92.4 Å². The average molecular weight is 369 g/mol. The summed E-state index contributed by atoms with van der Waals surface area (Å²) in [5, 5.41) is 8.16. The number of aromatic nitrogens is 2. The largest absolute Gasteiger partial charge is 0.462 e. The van der Waals surface area contributed by atoms with Crippen molar-refractivity contribution in [3.05, 3.63) is 33.6 Å². The molecule has 1 aliphatic carbocycles. The molecule has 1 N–H and O–H groups in total. The number of esters is 1. The van der Waals surface area contributed by atoms with Crippen LogP contribution in [0.4, 0.5) is 0 Å². The van der Waals surface area contributed by atoms with Crippen LogP contribution in [0.5, 0.6) is 0 Å². The number of thiophene rings is 1. The number of sulfonamides is 1. The summed E-state index contributed by atoms with van der Waals surface area (Å²) < 4.78 is 32.7. The second-order valence-corrected chi connectivity index (χ2v) is 8.45. The molecule has 0 bridgehead atoms. The van der Waals surface area contributed by atoms with Gasteiger partial charge in [-0.05, 0) is 38.1 Å². The second kappa shape index (κ2) is 6.66. The number of carbonyl (C=O) groups is 1. The van der Waals surface area contributed by atoms with Gasteiger partial charge in [-0.2, -0.15) is 9.40 Å². The third-order valence-electron chi connectivity index (χ3n) is 3.79. The highest BCUT2D eigenvalue weighted by Gasteiger charge is 2.42. The quantitative estimate of drug-likeness (QED) is 0.756. The molecule has 0 atom stereocenters. The normalized spacial score (nSPS) is 15.0. The molecule has 2 aromatic heterocycles. The van der Waals surface area contributed by atoms with E-state index >= 15 is 0 Å². The summed E-state index contributed by atoms with van der Waals surface area (Å²) in [6.07, 6.45) is 1.64. The molecular weight excluding hydrogens is 350 g/mol. The smallest absolute Gasteiger partial charge is 0.343 e. The molecule has 130 valence electrons. The highest BCUT2D eigenvalue weighted by atomic mass is 32.2. The lowest BCUT2D eigenvalue weighted by molar-refractivity contribution is 0.0520. The minimum absolute atomic E-state index is 0.00585. The number of nitrogens with zero attached hydrogens (tertiary/aromatic N) is 2. The van der Waals surface area contributed by atoms with Gasteiger partial charge in [-0.25, -0.2) is 13.2 Å². The number of hydrogen-bond donors (Lipinski definition) is 1. The Morgan fingerprint density at radius 1 is 1.50 bits per heavy atom. The zero-order valence-corrected chi connectivity index (χ0v) is 15.1. The van der Waals surface area contributed by atoms with E-state index in [1.807, 2.05) is 17.5 Å². The van der Waals surface area contributed by atoms with Crippen LogP contribution >= 0.6 is 11.3 Å². The first-order chi connectivity index (χ1) is 11.4. The van der Waals surface area contributed by atoms with Gasteiger partial charge in [0.05, 0.1) is 6.61 Å². The Hall–Kier alpha value is -1.71. The molecule has 2 aromatic rings. The molecule has 3 rings (SSSR count). The molecule has 0 aliphatic heterocycles. The second-order valence-electron chi connectivity index (χ2n) is 5.61. The molecule has 1 aliphatic rings. The summed E-state index contributed by atoms with van der Waals surface area (Å²) in [5.74, 6) is -0.672. The first kappa shape index (κ1) is 17.1. The van der Waals surface area contributed by atoms with Crippen LogP contribution in [-0.2, 0) is 21.3 Å². The fourth-order valence-corrected chi connectivity index (χ4v) is 5.05. The van der Waals surface area contributed by atoms with Crippen molar-refractivity contribution in [3.63, 3.8) is 0 Å². The Labute approximate surface area is 144 Å². The minimum Gasteiger partial charge on any atom is -0.462 e. The predicted molar refractivity (Wildman–Crippen MR) is 89.4 cm³/mol. The molecule has 0 spiro atoms. The van der Waals surface area contributed by atoms with E-state index in [0.717, 1.165) is 17.7 Å². The fourth-order valence-electron chi connectivity index (χ4n) is 2.48. The summed E-state index contributed by atoms with van der Waals surface area (Å²) in [6, 6.07) is 3.75. The zero-order chi connectivity index (χ0) is 17.3. The van der Waals surface area contributed by atoms with Crippen LogP contribution in [0.1, 0.15) is 40.7 Å². The number of aromatic amines is 1. The van der Waals surface area contributed by atoms with Crippen molar-refractivity contribution < 1.29 is 17.9 Å². The van der Waals surface area contributed by atoms with Crippen LogP contribution in [-0.4, -0.2) is 41.5 Å². The Morgan fingerprint density at radius 3 is 2.83 bits per heavy atom. The summed E-state index contributed by atoms with van der Waals surface area (Å²) in [7, 11) is -3.89. The van der Waals surface area contributed by atoms with E-state index in [2.05, 4.69) is 10.2 Å². The van der Waals surface area contributed by atoms with E-state index < -0.39 is 16.0 Å². The highest BCUT2D eigenvalue weighted by molar-refractivity contribution is 7.89. The third-order valence-corrected chi connectivity index (χ3v) is 6.48. The van der Waals surface area contributed by atoms with Crippen molar-refractivity contribution >= 4 is 27.3 Å². The first-order valence-electron chi connectivity index (χ1n) is 7.71. The molecule has 0 radical (unpaired) electrons. The van der Waals surface area contributed by atoms with Gasteiger partial charge in [0, 0.05) is 23.2 Å². The Bertz CT molecular complexity index is 823. The van der Waals surface area contributed by atoms with Gasteiger partial charge in [-0.3, -0.25) is 5.10 Å². The molecule has 0 amide bonds. The van der Waals surface area contributed by atoms with E-state index in [-0.39, 0.29) is 23.2 Å². The lowest BCUT2D eigenvalue weighted by Crippen LogP contribution is -2.33. The number of nitrogens with one attached hydrogen (secondary N) is 1. The number of H-pyrrole nitrogens is 1. The number of ether oxygens (including phenoxy) is 1. The van der Waals surface area contributed by atoms with Crippen molar-refractivity contribution in [2.45, 2.75) is 44.3 Å². The molecular formula is C15H19N3O4S2. The molecule has 2 heterocycles. The van der Waals surface area contributed by atoms with E-state index in [9.17, 15) is 13.2 Å². The van der Waals surface area contributed by atoms with Gasteiger partial charge in [0.15, 0.2) is 0 Å². The van der Waals surface area contributed by atoms with Crippen molar-refractivity contribution in [3.8, 4) is 0 Å². The maximum atomic E-state index is 13.1. The third kappa shape index (κ3) is 3.24. The van der Waals surface area contributed by atoms with Crippen molar-refractivity contribution in [1.82, 2.24) is 14.5 Å².